The van der Waals surface area contributed by atoms with Gasteiger partial charge in [0.15, 0.2) is 0 Å². The molecule has 1 rings (SSSR count). The molecule has 0 aliphatic rings. The SMILES string of the molecule is Nc1ccc(C(=O)O)c([N+](=O)[O-])c1.OCCCCO. The standard InChI is InChI=1S/C7H6N2O4.C4H10O2/c8-4-1-2-5(7(10)11)6(3-4)9(12)13;5-3-1-2-4-6/h1-3H,8H2,(H,10,11);5-6H,1-4H2. The zero-order valence-electron chi connectivity index (χ0n) is 10.2. The number of carbonyl (C=O) groups is 1. The molecule has 0 fully saturated rings. The molecule has 0 aliphatic carbocycles. The predicted octanol–water partition coefficient (Wildman–Crippen LogP) is 0.626. The van der Waals surface area contributed by atoms with Crippen molar-refractivity contribution < 1.29 is 25.0 Å². The lowest BCUT2D eigenvalue weighted by atomic mass is 10.1. The summed E-state index contributed by atoms with van der Waals surface area (Å²) in [6, 6.07) is 3.43. The van der Waals surface area contributed by atoms with E-state index in [1.165, 1.54) is 6.07 Å². The van der Waals surface area contributed by atoms with Crippen molar-refractivity contribution in [2.45, 2.75) is 12.8 Å². The van der Waals surface area contributed by atoms with Crippen LogP contribution in [0.25, 0.3) is 0 Å². The maximum Gasteiger partial charge on any atom is 0.342 e. The van der Waals surface area contributed by atoms with Crippen LogP contribution in [0.5, 0.6) is 0 Å². The highest BCUT2D eigenvalue weighted by atomic mass is 16.6. The summed E-state index contributed by atoms with van der Waals surface area (Å²) in [7, 11) is 0. The number of nitro groups is 1. The Labute approximate surface area is 109 Å². The normalized spacial score (nSPS) is 9.37. The maximum absolute atomic E-state index is 10.5. The smallest absolute Gasteiger partial charge is 0.342 e. The van der Waals surface area contributed by atoms with Gasteiger partial charge in [-0.2, -0.15) is 0 Å². The number of aromatic carboxylic acids is 1. The fraction of sp³-hybridized carbons (Fsp3) is 0.364. The van der Waals surface area contributed by atoms with E-state index in [-0.39, 0.29) is 24.5 Å². The van der Waals surface area contributed by atoms with Crippen LogP contribution >= 0.6 is 0 Å². The van der Waals surface area contributed by atoms with Gasteiger partial charge in [-0.15, -0.1) is 0 Å². The van der Waals surface area contributed by atoms with Gasteiger partial charge in [0.25, 0.3) is 5.69 Å². The number of nitro benzene ring substituents is 1. The number of benzene rings is 1. The van der Waals surface area contributed by atoms with Crippen molar-refractivity contribution in [2.24, 2.45) is 0 Å². The van der Waals surface area contributed by atoms with E-state index in [9.17, 15) is 14.9 Å². The molecule has 106 valence electrons. The van der Waals surface area contributed by atoms with Crippen molar-refractivity contribution in [3.63, 3.8) is 0 Å². The van der Waals surface area contributed by atoms with Crippen LogP contribution in [0.4, 0.5) is 11.4 Å². The van der Waals surface area contributed by atoms with Crippen LogP contribution in [0.3, 0.4) is 0 Å². The first-order valence-electron chi connectivity index (χ1n) is 5.43. The number of aliphatic hydroxyl groups excluding tert-OH is 2. The molecule has 0 saturated heterocycles. The number of unbranched alkanes of at least 4 members (excludes halogenated alkanes) is 1. The molecule has 0 aliphatic heterocycles. The summed E-state index contributed by atoms with van der Waals surface area (Å²) < 4.78 is 0. The summed E-state index contributed by atoms with van der Waals surface area (Å²) in [5.74, 6) is -1.34. The Bertz CT molecular complexity index is 431. The summed E-state index contributed by atoms with van der Waals surface area (Å²) in [6.07, 6.45) is 1.44. The minimum Gasteiger partial charge on any atom is -0.477 e. The van der Waals surface area contributed by atoms with Crippen LogP contribution < -0.4 is 5.73 Å². The summed E-state index contributed by atoms with van der Waals surface area (Å²) in [5, 5.41) is 35.1. The number of aliphatic hydroxyl groups is 2. The summed E-state index contributed by atoms with van der Waals surface area (Å²) in [5.41, 5.74) is 4.58. The van der Waals surface area contributed by atoms with E-state index in [2.05, 4.69) is 0 Å². The Morgan fingerprint density at radius 1 is 1.26 bits per heavy atom. The average molecular weight is 272 g/mol. The summed E-state index contributed by atoms with van der Waals surface area (Å²) in [4.78, 5) is 20.1. The second-order valence-electron chi connectivity index (χ2n) is 3.49. The van der Waals surface area contributed by atoms with E-state index >= 15 is 0 Å². The van der Waals surface area contributed by atoms with Gasteiger partial charge >= 0.3 is 5.97 Å². The van der Waals surface area contributed by atoms with Crippen molar-refractivity contribution in [3.8, 4) is 0 Å². The first kappa shape index (κ1) is 16.8. The highest BCUT2D eigenvalue weighted by Crippen LogP contribution is 2.21. The minimum atomic E-state index is -1.34. The number of nitrogens with two attached hydrogens (primary N) is 1. The van der Waals surface area contributed by atoms with E-state index in [0.29, 0.717) is 0 Å². The number of rotatable bonds is 5. The van der Waals surface area contributed by atoms with Crippen molar-refractivity contribution >= 4 is 17.3 Å². The second kappa shape index (κ2) is 8.84. The molecule has 0 amide bonds. The molecule has 19 heavy (non-hydrogen) atoms. The topological polar surface area (TPSA) is 147 Å². The molecule has 0 aromatic heterocycles. The number of nitrogen functional groups attached to an aromatic ring is 1. The van der Waals surface area contributed by atoms with Crippen LogP contribution in [0, 0.1) is 10.1 Å². The number of hydrogen-bond acceptors (Lipinski definition) is 6. The molecule has 0 radical (unpaired) electrons. The Kier molecular flexibility index (Phi) is 7.82. The van der Waals surface area contributed by atoms with Gasteiger partial charge in [-0.1, -0.05) is 0 Å². The molecule has 0 heterocycles. The molecule has 1 aromatic rings. The van der Waals surface area contributed by atoms with Gasteiger partial charge in [0, 0.05) is 25.0 Å². The van der Waals surface area contributed by atoms with Gasteiger partial charge in [0.2, 0.25) is 0 Å². The Morgan fingerprint density at radius 2 is 1.79 bits per heavy atom. The van der Waals surface area contributed by atoms with Gasteiger partial charge in [-0.3, -0.25) is 10.1 Å². The quantitative estimate of drug-likeness (QED) is 0.266. The van der Waals surface area contributed by atoms with Crippen molar-refractivity contribution in [1.29, 1.82) is 0 Å². The zero-order valence-corrected chi connectivity index (χ0v) is 10.2. The van der Waals surface area contributed by atoms with Crippen LogP contribution in [-0.4, -0.2) is 39.4 Å². The van der Waals surface area contributed by atoms with Gasteiger partial charge in [0.05, 0.1) is 4.92 Å². The van der Waals surface area contributed by atoms with Crippen LogP contribution in [0.1, 0.15) is 23.2 Å². The largest absolute Gasteiger partial charge is 0.477 e. The van der Waals surface area contributed by atoms with E-state index in [1.807, 2.05) is 0 Å². The first-order valence-corrected chi connectivity index (χ1v) is 5.43. The number of carboxylic acids is 1. The molecule has 0 bridgehead atoms. The molecule has 8 nitrogen and oxygen atoms in total. The molecule has 5 N–H and O–H groups in total. The van der Waals surface area contributed by atoms with Crippen molar-refractivity contribution in [2.75, 3.05) is 18.9 Å². The number of nitrogens with zero attached hydrogens (tertiary/aromatic N) is 1. The summed E-state index contributed by atoms with van der Waals surface area (Å²) >= 11 is 0. The van der Waals surface area contributed by atoms with Gasteiger partial charge in [-0.05, 0) is 25.0 Å². The van der Waals surface area contributed by atoms with Crippen molar-refractivity contribution in [1.82, 2.24) is 0 Å². The van der Waals surface area contributed by atoms with Gasteiger partial charge in [0.1, 0.15) is 5.56 Å². The molecular weight excluding hydrogens is 256 g/mol. The molecular formula is C11H16N2O6. The van der Waals surface area contributed by atoms with Crippen LogP contribution in [0.2, 0.25) is 0 Å². The molecule has 0 unspecified atom stereocenters. The van der Waals surface area contributed by atoms with E-state index in [0.717, 1.165) is 25.0 Å². The number of hydrogen-bond donors (Lipinski definition) is 4. The van der Waals surface area contributed by atoms with Crippen LogP contribution in [0.15, 0.2) is 18.2 Å². The lowest BCUT2D eigenvalue weighted by molar-refractivity contribution is -0.385. The van der Waals surface area contributed by atoms with E-state index < -0.39 is 16.6 Å². The zero-order chi connectivity index (χ0) is 14.8. The molecule has 8 heteroatoms. The number of carboxylic acid groups (broad SMARTS) is 1. The minimum absolute atomic E-state index is 0.164. The van der Waals surface area contributed by atoms with E-state index in [1.54, 1.807) is 0 Å². The van der Waals surface area contributed by atoms with Crippen molar-refractivity contribution in [3.05, 3.63) is 33.9 Å². The first-order chi connectivity index (χ1) is 8.93. The molecule has 0 spiro atoms. The summed E-state index contributed by atoms with van der Waals surface area (Å²) in [6.45, 7) is 0.390. The lowest BCUT2D eigenvalue weighted by Gasteiger charge is -1.98. The second-order valence-corrected chi connectivity index (χ2v) is 3.49. The monoisotopic (exact) mass is 272 g/mol. The third kappa shape index (κ3) is 6.34. The average Bonchev–Trinajstić information content (AvgIpc) is 2.36. The third-order valence-corrected chi connectivity index (χ3v) is 2.02. The fourth-order valence-electron chi connectivity index (χ4n) is 1.10. The molecule has 1 aromatic carbocycles. The Hall–Kier alpha value is -2.19. The van der Waals surface area contributed by atoms with Gasteiger partial charge in [-0.25, -0.2) is 4.79 Å². The van der Waals surface area contributed by atoms with Crippen LogP contribution in [-0.2, 0) is 0 Å². The lowest BCUT2D eigenvalue weighted by Crippen LogP contribution is -2.03. The predicted molar refractivity (Wildman–Crippen MR) is 67.9 cm³/mol. The maximum atomic E-state index is 10.5. The fourth-order valence-corrected chi connectivity index (χ4v) is 1.10. The van der Waals surface area contributed by atoms with E-state index in [4.69, 9.17) is 21.1 Å². The highest BCUT2D eigenvalue weighted by Gasteiger charge is 2.19. The highest BCUT2D eigenvalue weighted by molar-refractivity contribution is 5.93. The van der Waals surface area contributed by atoms with Gasteiger partial charge < -0.3 is 21.1 Å². The molecule has 0 atom stereocenters. The Balaban J connectivity index is 0.000000459. The Morgan fingerprint density at radius 3 is 2.16 bits per heavy atom. The third-order valence-electron chi connectivity index (χ3n) is 2.02. The number of anilines is 1. The molecule has 0 saturated carbocycles.